The number of rotatable bonds is 12. The van der Waals surface area contributed by atoms with Crippen LogP contribution in [0.4, 0.5) is 5.69 Å². The van der Waals surface area contributed by atoms with Crippen LogP contribution in [0.1, 0.15) is 44.7 Å². The molecule has 0 heterocycles. The Bertz CT molecular complexity index is 1170. The van der Waals surface area contributed by atoms with Gasteiger partial charge in [-0.05, 0) is 49.9 Å². The van der Waals surface area contributed by atoms with Gasteiger partial charge in [0.2, 0.25) is 21.8 Å². The third-order valence-corrected chi connectivity index (χ3v) is 7.35. The second kappa shape index (κ2) is 13.3. The van der Waals surface area contributed by atoms with Gasteiger partial charge in [-0.3, -0.25) is 13.9 Å². The van der Waals surface area contributed by atoms with Gasteiger partial charge in [-0.1, -0.05) is 66.9 Å². The molecule has 0 unspecified atom stereocenters. The van der Waals surface area contributed by atoms with E-state index in [9.17, 15) is 18.0 Å². The number of halogens is 2. The molecule has 2 rings (SSSR count). The zero-order valence-corrected chi connectivity index (χ0v) is 23.8. The van der Waals surface area contributed by atoms with Gasteiger partial charge in [0.1, 0.15) is 6.04 Å². The predicted octanol–water partition coefficient (Wildman–Crippen LogP) is 5.04. The average molecular weight is 557 g/mol. The monoisotopic (exact) mass is 555 g/mol. The van der Waals surface area contributed by atoms with Crippen LogP contribution in [-0.2, 0) is 26.2 Å². The van der Waals surface area contributed by atoms with Crippen molar-refractivity contribution >= 4 is 50.7 Å². The molecule has 0 saturated heterocycles. The van der Waals surface area contributed by atoms with Crippen molar-refractivity contribution in [2.45, 2.75) is 53.1 Å². The first-order valence-corrected chi connectivity index (χ1v) is 14.5. The summed E-state index contributed by atoms with van der Waals surface area (Å²) in [6, 6.07) is 11.7. The highest BCUT2D eigenvalue weighted by Gasteiger charge is 2.27. The molecule has 0 aromatic heterocycles. The van der Waals surface area contributed by atoms with Crippen molar-refractivity contribution in [2.24, 2.45) is 5.92 Å². The molecule has 1 N–H and O–H groups in total. The highest BCUT2D eigenvalue weighted by molar-refractivity contribution is 7.92. The van der Waals surface area contributed by atoms with Crippen molar-refractivity contribution in [1.29, 1.82) is 0 Å². The van der Waals surface area contributed by atoms with E-state index in [1.165, 1.54) is 12.1 Å². The fraction of sp³-hybridized carbons (Fsp3) is 0.462. The Morgan fingerprint density at radius 3 is 2.36 bits per heavy atom. The second-order valence-electron chi connectivity index (χ2n) is 9.36. The van der Waals surface area contributed by atoms with Crippen LogP contribution in [0.15, 0.2) is 42.5 Å². The van der Waals surface area contributed by atoms with Crippen LogP contribution in [0.25, 0.3) is 0 Å². The third-order valence-electron chi connectivity index (χ3n) is 5.62. The van der Waals surface area contributed by atoms with Crippen molar-refractivity contribution in [3.8, 4) is 0 Å². The second-order valence-corrected chi connectivity index (χ2v) is 12.1. The van der Waals surface area contributed by atoms with Crippen molar-refractivity contribution in [3.05, 3.63) is 63.6 Å². The van der Waals surface area contributed by atoms with Crippen LogP contribution in [0.3, 0.4) is 0 Å². The molecule has 0 spiro atoms. The van der Waals surface area contributed by atoms with Gasteiger partial charge in [0, 0.05) is 31.1 Å². The summed E-state index contributed by atoms with van der Waals surface area (Å²) in [5.74, 6) is -0.190. The number of sulfonamides is 1. The molecule has 2 aromatic carbocycles. The molecule has 10 heteroatoms. The Hall–Kier alpha value is -2.29. The molecule has 2 aromatic rings. The van der Waals surface area contributed by atoms with E-state index in [4.69, 9.17) is 23.2 Å². The SMILES string of the molecule is Cc1cccc(CN(C(=O)CCCN(c2cc(Cl)ccc2Cl)S(C)(=O)=O)[C@@H](C)C(=O)NCC(C)C)c1. The Balaban J connectivity index is 2.19. The van der Waals surface area contributed by atoms with E-state index in [1.807, 2.05) is 45.0 Å². The first kappa shape index (κ1) is 29.9. The summed E-state index contributed by atoms with van der Waals surface area (Å²) in [6.45, 7) is 8.50. The normalized spacial score (nSPS) is 12.3. The van der Waals surface area contributed by atoms with Gasteiger partial charge in [0.25, 0.3) is 0 Å². The van der Waals surface area contributed by atoms with Gasteiger partial charge in [0.05, 0.1) is 17.0 Å². The van der Waals surface area contributed by atoms with Crippen LogP contribution in [-0.4, -0.2) is 50.5 Å². The Kier molecular flexibility index (Phi) is 11.1. The maximum Gasteiger partial charge on any atom is 0.242 e. The zero-order valence-electron chi connectivity index (χ0n) is 21.4. The first-order chi connectivity index (χ1) is 16.8. The van der Waals surface area contributed by atoms with Crippen molar-refractivity contribution in [1.82, 2.24) is 10.2 Å². The Morgan fingerprint density at radius 1 is 1.06 bits per heavy atom. The molecule has 0 radical (unpaired) electrons. The summed E-state index contributed by atoms with van der Waals surface area (Å²) in [5.41, 5.74) is 2.23. The number of benzene rings is 2. The number of hydrogen-bond donors (Lipinski definition) is 1. The van der Waals surface area contributed by atoms with E-state index >= 15 is 0 Å². The summed E-state index contributed by atoms with van der Waals surface area (Å²) in [7, 11) is -3.67. The first-order valence-electron chi connectivity index (χ1n) is 11.8. The smallest absolute Gasteiger partial charge is 0.242 e. The standard InChI is InChI=1S/C26H35Cl2N3O4S/c1-18(2)16-29-26(33)20(4)30(17-21-9-6-8-19(3)14-21)25(32)10-7-13-31(36(5,34)35)24-15-22(27)11-12-23(24)28/h6,8-9,11-12,14-15,18,20H,7,10,13,16-17H2,1-5H3,(H,29,33)/t20-/m0/s1. The highest BCUT2D eigenvalue weighted by atomic mass is 35.5. The van der Waals surface area contributed by atoms with E-state index in [-0.39, 0.29) is 54.4 Å². The molecule has 0 aliphatic carbocycles. The zero-order chi connectivity index (χ0) is 27.0. The number of carbonyl (C=O) groups is 2. The van der Waals surface area contributed by atoms with Crippen LogP contribution in [0, 0.1) is 12.8 Å². The van der Waals surface area contributed by atoms with E-state index in [0.717, 1.165) is 21.7 Å². The van der Waals surface area contributed by atoms with Crippen molar-refractivity contribution in [2.75, 3.05) is 23.7 Å². The number of hydrogen-bond acceptors (Lipinski definition) is 4. The minimum atomic E-state index is -3.67. The van der Waals surface area contributed by atoms with Crippen LogP contribution in [0.2, 0.25) is 10.0 Å². The molecule has 2 amide bonds. The summed E-state index contributed by atoms with van der Waals surface area (Å²) in [5, 5.41) is 3.49. The number of nitrogens with zero attached hydrogens (tertiary/aromatic N) is 2. The Morgan fingerprint density at radius 2 is 1.75 bits per heavy atom. The maximum atomic E-state index is 13.3. The lowest BCUT2D eigenvalue weighted by molar-refractivity contribution is -0.140. The molecule has 7 nitrogen and oxygen atoms in total. The number of aryl methyl sites for hydroxylation is 1. The van der Waals surface area contributed by atoms with Gasteiger partial charge < -0.3 is 10.2 Å². The third kappa shape index (κ3) is 8.98. The van der Waals surface area contributed by atoms with Crippen LogP contribution >= 0.6 is 23.2 Å². The molecule has 198 valence electrons. The number of anilines is 1. The number of nitrogens with one attached hydrogen (secondary N) is 1. The van der Waals surface area contributed by atoms with Crippen LogP contribution < -0.4 is 9.62 Å². The molecule has 0 bridgehead atoms. The van der Waals surface area contributed by atoms with Crippen molar-refractivity contribution < 1.29 is 18.0 Å². The largest absolute Gasteiger partial charge is 0.354 e. The summed E-state index contributed by atoms with van der Waals surface area (Å²) in [4.78, 5) is 27.7. The van der Waals surface area contributed by atoms with E-state index in [0.29, 0.717) is 11.6 Å². The van der Waals surface area contributed by atoms with Crippen molar-refractivity contribution in [3.63, 3.8) is 0 Å². The molecule has 0 saturated carbocycles. The van der Waals surface area contributed by atoms with Gasteiger partial charge in [-0.2, -0.15) is 0 Å². The molecule has 0 aliphatic heterocycles. The fourth-order valence-corrected chi connectivity index (χ4v) is 5.11. The maximum absolute atomic E-state index is 13.3. The van der Waals surface area contributed by atoms with Gasteiger partial charge in [0.15, 0.2) is 0 Å². The van der Waals surface area contributed by atoms with Gasteiger partial charge >= 0.3 is 0 Å². The molecule has 36 heavy (non-hydrogen) atoms. The van der Waals surface area contributed by atoms with Crippen LogP contribution in [0.5, 0.6) is 0 Å². The van der Waals surface area contributed by atoms with E-state index in [1.54, 1.807) is 17.9 Å². The average Bonchev–Trinajstić information content (AvgIpc) is 2.79. The minimum absolute atomic E-state index is 0.0385. The molecular formula is C26H35Cl2N3O4S. The topological polar surface area (TPSA) is 86.8 Å². The minimum Gasteiger partial charge on any atom is -0.354 e. The molecular weight excluding hydrogens is 521 g/mol. The lowest BCUT2D eigenvalue weighted by atomic mass is 10.1. The fourth-order valence-electron chi connectivity index (χ4n) is 3.70. The molecule has 0 aliphatic rings. The van der Waals surface area contributed by atoms with Gasteiger partial charge in [-0.15, -0.1) is 0 Å². The lowest BCUT2D eigenvalue weighted by Crippen LogP contribution is -2.48. The summed E-state index contributed by atoms with van der Waals surface area (Å²) >= 11 is 12.3. The quantitative estimate of drug-likeness (QED) is 0.397. The summed E-state index contributed by atoms with van der Waals surface area (Å²) in [6.07, 6.45) is 1.37. The predicted molar refractivity (Wildman–Crippen MR) is 147 cm³/mol. The number of amides is 2. The highest BCUT2D eigenvalue weighted by Crippen LogP contribution is 2.31. The summed E-state index contributed by atoms with van der Waals surface area (Å²) < 4.78 is 26.1. The lowest BCUT2D eigenvalue weighted by Gasteiger charge is -2.30. The van der Waals surface area contributed by atoms with Gasteiger partial charge in [-0.25, -0.2) is 8.42 Å². The number of carbonyl (C=O) groups excluding carboxylic acids is 2. The molecule has 1 atom stereocenters. The van der Waals surface area contributed by atoms with E-state index < -0.39 is 16.1 Å². The molecule has 0 fully saturated rings. The van der Waals surface area contributed by atoms with E-state index in [2.05, 4.69) is 5.32 Å². The Labute approximate surface area is 224 Å².